The van der Waals surface area contributed by atoms with Gasteiger partial charge in [-0.25, -0.2) is 4.79 Å². The van der Waals surface area contributed by atoms with Gasteiger partial charge in [-0.2, -0.15) is 5.26 Å². The third-order valence-corrected chi connectivity index (χ3v) is 5.53. The molecule has 1 aliphatic heterocycles. The number of aryl methyl sites for hydroxylation is 2. The summed E-state index contributed by atoms with van der Waals surface area (Å²) in [5.41, 5.74) is 9.81. The predicted molar refractivity (Wildman–Crippen MR) is 124 cm³/mol. The van der Waals surface area contributed by atoms with E-state index in [4.69, 9.17) is 31.5 Å². The molecule has 1 atom stereocenters. The first-order valence-corrected chi connectivity index (χ1v) is 10.6. The van der Waals surface area contributed by atoms with Crippen LogP contribution in [0.15, 0.2) is 72.1 Å². The monoisotopic (exact) mass is 460 g/mol. The van der Waals surface area contributed by atoms with E-state index in [0.29, 0.717) is 22.1 Å². The Morgan fingerprint density at radius 2 is 1.79 bits per heavy atom. The van der Waals surface area contributed by atoms with Gasteiger partial charge in [-0.15, -0.1) is 0 Å². The number of hydrogen-bond acceptors (Lipinski definition) is 6. The third-order valence-electron chi connectivity index (χ3n) is 5.19. The molecule has 7 heteroatoms. The molecule has 2 N–H and O–H groups in total. The Morgan fingerprint density at radius 1 is 1.06 bits per heavy atom. The zero-order valence-corrected chi connectivity index (χ0v) is 18.8. The summed E-state index contributed by atoms with van der Waals surface area (Å²) in [4.78, 5) is 12.3. The van der Waals surface area contributed by atoms with Crippen molar-refractivity contribution < 1.29 is 19.0 Å². The second kappa shape index (κ2) is 9.27. The van der Waals surface area contributed by atoms with E-state index in [2.05, 4.69) is 6.07 Å². The summed E-state index contributed by atoms with van der Waals surface area (Å²) in [5, 5.41) is 10.2. The molecule has 0 saturated heterocycles. The number of fused-ring (bicyclic) bond motifs is 1. The summed E-state index contributed by atoms with van der Waals surface area (Å²) in [7, 11) is 0. The Morgan fingerprint density at radius 3 is 2.48 bits per heavy atom. The molecule has 0 fully saturated rings. The summed E-state index contributed by atoms with van der Waals surface area (Å²) in [6.07, 6.45) is 0. The van der Waals surface area contributed by atoms with Crippen molar-refractivity contribution in [2.45, 2.75) is 19.8 Å². The van der Waals surface area contributed by atoms with Crippen molar-refractivity contribution in [3.63, 3.8) is 0 Å². The largest absolute Gasteiger partial charge is 0.482 e. The molecule has 0 aromatic heterocycles. The van der Waals surface area contributed by atoms with Crippen LogP contribution in [0.2, 0.25) is 5.02 Å². The number of nitriles is 1. The number of allylic oxidation sites excluding steroid dienone is 1. The SMILES string of the molecule is Cc1cc(C)cc(OCC(=O)Oc2ccc3c(c2)OC(N)=C(C#N)C3c2ccccc2Cl)c1. The van der Waals surface area contributed by atoms with E-state index in [9.17, 15) is 10.1 Å². The molecule has 3 aromatic carbocycles. The van der Waals surface area contributed by atoms with Gasteiger partial charge in [-0.1, -0.05) is 41.9 Å². The summed E-state index contributed by atoms with van der Waals surface area (Å²) in [6.45, 7) is 3.67. The van der Waals surface area contributed by atoms with E-state index in [1.807, 2.05) is 50.2 Å². The van der Waals surface area contributed by atoms with Gasteiger partial charge >= 0.3 is 5.97 Å². The molecular formula is C26H21ClN2O4. The van der Waals surface area contributed by atoms with Crippen molar-refractivity contribution in [3.05, 3.63) is 99.4 Å². The Bertz CT molecular complexity index is 1290. The van der Waals surface area contributed by atoms with Gasteiger partial charge in [0, 0.05) is 16.7 Å². The third kappa shape index (κ3) is 4.79. The highest BCUT2D eigenvalue weighted by Crippen LogP contribution is 2.45. The zero-order chi connectivity index (χ0) is 23.5. The highest BCUT2D eigenvalue weighted by molar-refractivity contribution is 6.31. The number of ether oxygens (including phenoxy) is 3. The van der Waals surface area contributed by atoms with E-state index < -0.39 is 11.9 Å². The average molecular weight is 461 g/mol. The minimum Gasteiger partial charge on any atom is -0.482 e. The maximum Gasteiger partial charge on any atom is 0.349 e. The highest BCUT2D eigenvalue weighted by atomic mass is 35.5. The van der Waals surface area contributed by atoms with Gasteiger partial charge in [-0.05, 0) is 54.8 Å². The minimum absolute atomic E-state index is 0.0171. The van der Waals surface area contributed by atoms with E-state index >= 15 is 0 Å². The quantitative estimate of drug-likeness (QED) is 0.417. The van der Waals surface area contributed by atoms with Crippen LogP contribution in [0.3, 0.4) is 0 Å². The van der Waals surface area contributed by atoms with Crippen molar-refractivity contribution in [3.8, 4) is 23.3 Å². The van der Waals surface area contributed by atoms with Crippen LogP contribution in [0.4, 0.5) is 0 Å². The lowest BCUT2D eigenvalue weighted by Crippen LogP contribution is -2.22. The van der Waals surface area contributed by atoms with Gasteiger partial charge < -0.3 is 19.9 Å². The first-order chi connectivity index (χ1) is 15.9. The Labute approximate surface area is 196 Å². The van der Waals surface area contributed by atoms with Crippen LogP contribution in [-0.2, 0) is 4.79 Å². The van der Waals surface area contributed by atoms with Gasteiger partial charge in [0.1, 0.15) is 28.9 Å². The molecule has 4 rings (SSSR count). The van der Waals surface area contributed by atoms with Crippen molar-refractivity contribution in [2.24, 2.45) is 5.73 Å². The van der Waals surface area contributed by atoms with Crippen molar-refractivity contribution >= 4 is 17.6 Å². The van der Waals surface area contributed by atoms with Gasteiger partial charge in [-0.3, -0.25) is 0 Å². The predicted octanol–water partition coefficient (Wildman–Crippen LogP) is 5.16. The van der Waals surface area contributed by atoms with Gasteiger partial charge in [0.15, 0.2) is 6.61 Å². The van der Waals surface area contributed by atoms with Crippen LogP contribution in [0, 0.1) is 25.2 Å². The smallest absolute Gasteiger partial charge is 0.349 e. The number of esters is 1. The fourth-order valence-corrected chi connectivity index (χ4v) is 4.09. The fourth-order valence-electron chi connectivity index (χ4n) is 3.85. The van der Waals surface area contributed by atoms with Gasteiger partial charge in [0.2, 0.25) is 5.88 Å². The number of carbonyl (C=O) groups excluding carboxylic acids is 1. The number of rotatable bonds is 5. The van der Waals surface area contributed by atoms with Crippen LogP contribution in [0.1, 0.15) is 28.2 Å². The lowest BCUT2D eigenvalue weighted by Gasteiger charge is -2.27. The topological polar surface area (TPSA) is 94.6 Å². The molecule has 1 aliphatic rings. The maximum absolute atomic E-state index is 12.3. The molecule has 1 unspecified atom stereocenters. The second-order valence-corrected chi connectivity index (χ2v) is 8.14. The first-order valence-electron chi connectivity index (χ1n) is 10.2. The molecule has 166 valence electrons. The summed E-state index contributed by atoms with van der Waals surface area (Å²) in [5.74, 6) is 0.184. The summed E-state index contributed by atoms with van der Waals surface area (Å²) in [6, 6.07) is 20.0. The molecule has 6 nitrogen and oxygen atoms in total. The molecule has 0 radical (unpaired) electrons. The number of nitrogens with zero attached hydrogens (tertiary/aromatic N) is 1. The lowest BCUT2D eigenvalue weighted by molar-refractivity contribution is -0.136. The van der Waals surface area contributed by atoms with Crippen molar-refractivity contribution in [1.29, 1.82) is 5.26 Å². The number of carbonyl (C=O) groups is 1. The molecule has 0 aliphatic carbocycles. The Kier molecular flexibility index (Phi) is 6.25. The van der Waals surface area contributed by atoms with Crippen molar-refractivity contribution in [1.82, 2.24) is 0 Å². The maximum atomic E-state index is 12.3. The van der Waals surface area contributed by atoms with Crippen LogP contribution in [0.5, 0.6) is 17.2 Å². The van der Waals surface area contributed by atoms with E-state index in [0.717, 1.165) is 16.7 Å². The van der Waals surface area contributed by atoms with E-state index in [1.54, 1.807) is 24.3 Å². The lowest BCUT2D eigenvalue weighted by atomic mass is 9.83. The Hall–Kier alpha value is -3.95. The molecule has 0 bridgehead atoms. The normalized spacial score (nSPS) is 14.7. The van der Waals surface area contributed by atoms with Crippen LogP contribution in [0.25, 0.3) is 0 Å². The van der Waals surface area contributed by atoms with E-state index in [1.165, 1.54) is 0 Å². The second-order valence-electron chi connectivity index (χ2n) is 7.73. The molecule has 33 heavy (non-hydrogen) atoms. The van der Waals surface area contributed by atoms with Gasteiger partial charge in [0.05, 0.1) is 5.92 Å². The number of hydrogen-bond donors (Lipinski definition) is 1. The number of benzene rings is 3. The molecule has 0 saturated carbocycles. The summed E-state index contributed by atoms with van der Waals surface area (Å²) >= 11 is 6.40. The molecule has 0 spiro atoms. The molecule has 0 amide bonds. The summed E-state index contributed by atoms with van der Waals surface area (Å²) < 4.78 is 16.7. The number of halogens is 1. The standard InChI is InChI=1S/C26H21ClN2O4/c1-15-9-16(2)11-18(10-15)31-14-24(30)32-17-7-8-20-23(12-17)33-26(29)21(13-28)25(20)19-5-3-4-6-22(19)27/h3-12,25H,14,29H2,1-2H3. The van der Waals surface area contributed by atoms with Crippen LogP contribution >= 0.6 is 11.6 Å². The minimum atomic E-state index is -0.561. The molecule has 1 heterocycles. The van der Waals surface area contributed by atoms with E-state index in [-0.39, 0.29) is 23.8 Å². The van der Waals surface area contributed by atoms with Crippen molar-refractivity contribution in [2.75, 3.05) is 6.61 Å². The Balaban J connectivity index is 1.55. The highest BCUT2D eigenvalue weighted by Gasteiger charge is 2.32. The number of nitrogens with two attached hydrogens (primary N) is 1. The molecule has 3 aromatic rings. The first kappa shape index (κ1) is 22.3. The van der Waals surface area contributed by atoms with Crippen LogP contribution in [-0.4, -0.2) is 12.6 Å². The molecular weight excluding hydrogens is 440 g/mol. The zero-order valence-electron chi connectivity index (χ0n) is 18.1. The van der Waals surface area contributed by atoms with Crippen LogP contribution < -0.4 is 19.9 Å². The fraction of sp³-hybridized carbons (Fsp3) is 0.154. The average Bonchev–Trinajstić information content (AvgIpc) is 2.76. The van der Waals surface area contributed by atoms with Gasteiger partial charge in [0.25, 0.3) is 0 Å².